The monoisotopic (exact) mass is 161 g/mol. The number of rotatable bonds is 3. The van der Waals surface area contributed by atoms with E-state index in [9.17, 15) is 0 Å². The Bertz CT molecular complexity index is 263. The van der Waals surface area contributed by atoms with Gasteiger partial charge < -0.3 is 0 Å². The largest absolute Gasteiger partial charge is 0.240 e. The lowest BCUT2D eigenvalue weighted by molar-refractivity contribution is 0.685. The number of hydrogen-bond acceptors (Lipinski definition) is 3. The van der Waals surface area contributed by atoms with Crippen LogP contribution in [-0.2, 0) is 0 Å². The van der Waals surface area contributed by atoms with E-state index >= 15 is 0 Å². The summed E-state index contributed by atoms with van der Waals surface area (Å²) < 4.78 is 0. The first-order chi connectivity index (χ1) is 5.88. The van der Waals surface area contributed by atoms with Crippen LogP contribution in [0.25, 0.3) is 0 Å². The van der Waals surface area contributed by atoms with E-state index in [-0.39, 0.29) is 5.92 Å². The lowest BCUT2D eigenvalue weighted by Gasteiger charge is -2.03. The molecule has 0 saturated carbocycles. The molecule has 1 heterocycles. The van der Waals surface area contributed by atoms with Crippen molar-refractivity contribution >= 4 is 0 Å². The molecule has 62 valence electrons. The van der Waals surface area contributed by atoms with Gasteiger partial charge >= 0.3 is 0 Å². The van der Waals surface area contributed by atoms with Crippen LogP contribution in [0.5, 0.6) is 0 Å². The number of nitrogens with zero attached hydrogens (tertiary/aromatic N) is 3. The van der Waals surface area contributed by atoms with Gasteiger partial charge in [-0.05, 0) is 12.5 Å². The second-order valence-electron chi connectivity index (χ2n) is 2.58. The van der Waals surface area contributed by atoms with Crippen molar-refractivity contribution in [3.8, 4) is 6.07 Å². The average Bonchev–Trinajstić information content (AvgIpc) is 2.15. The van der Waals surface area contributed by atoms with E-state index in [0.717, 1.165) is 12.8 Å². The molecule has 0 aliphatic rings. The van der Waals surface area contributed by atoms with Gasteiger partial charge in [-0.25, -0.2) is 9.97 Å². The Kier molecular flexibility index (Phi) is 3.21. The van der Waals surface area contributed by atoms with Gasteiger partial charge in [-0.1, -0.05) is 13.3 Å². The summed E-state index contributed by atoms with van der Waals surface area (Å²) >= 11 is 0. The Morgan fingerprint density at radius 3 is 2.67 bits per heavy atom. The molecule has 0 radical (unpaired) electrons. The van der Waals surface area contributed by atoms with E-state index in [1.165, 1.54) is 0 Å². The molecule has 3 nitrogen and oxygen atoms in total. The van der Waals surface area contributed by atoms with Gasteiger partial charge in [0.05, 0.1) is 6.07 Å². The molecule has 0 aliphatic carbocycles. The molecule has 0 spiro atoms. The van der Waals surface area contributed by atoms with E-state index in [1.807, 2.05) is 6.92 Å². The molecule has 0 amide bonds. The summed E-state index contributed by atoms with van der Waals surface area (Å²) in [5.41, 5.74) is 0. The molecule has 0 fully saturated rings. The summed E-state index contributed by atoms with van der Waals surface area (Å²) in [6, 6.07) is 3.95. The maximum absolute atomic E-state index is 8.78. The smallest absolute Gasteiger partial charge is 0.145 e. The van der Waals surface area contributed by atoms with Crippen LogP contribution in [0.2, 0.25) is 0 Å². The Morgan fingerprint density at radius 2 is 2.17 bits per heavy atom. The fourth-order valence-corrected chi connectivity index (χ4v) is 1.03. The summed E-state index contributed by atoms with van der Waals surface area (Å²) in [6.45, 7) is 2.05. The lowest BCUT2D eigenvalue weighted by atomic mass is 10.1. The van der Waals surface area contributed by atoms with Crippen LogP contribution >= 0.6 is 0 Å². The Labute approximate surface area is 72.1 Å². The van der Waals surface area contributed by atoms with Gasteiger partial charge in [-0.15, -0.1) is 0 Å². The molecule has 1 rings (SSSR count). The highest BCUT2D eigenvalue weighted by molar-refractivity contribution is 5.07. The van der Waals surface area contributed by atoms with E-state index in [4.69, 9.17) is 5.26 Å². The minimum atomic E-state index is -0.142. The first kappa shape index (κ1) is 8.66. The maximum atomic E-state index is 8.78. The highest BCUT2D eigenvalue weighted by Crippen LogP contribution is 2.14. The molecule has 0 aliphatic heterocycles. The second kappa shape index (κ2) is 4.45. The van der Waals surface area contributed by atoms with Crippen molar-refractivity contribution in [2.24, 2.45) is 0 Å². The SMILES string of the molecule is CCCC(C#N)c1ncccn1. The van der Waals surface area contributed by atoms with Gasteiger partial charge in [0.25, 0.3) is 0 Å². The van der Waals surface area contributed by atoms with Gasteiger partial charge in [0, 0.05) is 12.4 Å². The fourth-order valence-electron chi connectivity index (χ4n) is 1.03. The van der Waals surface area contributed by atoms with Crippen molar-refractivity contribution in [2.75, 3.05) is 0 Å². The maximum Gasteiger partial charge on any atom is 0.145 e. The number of aromatic nitrogens is 2. The van der Waals surface area contributed by atoms with Crippen LogP contribution in [0.3, 0.4) is 0 Å². The van der Waals surface area contributed by atoms with Gasteiger partial charge in [0.15, 0.2) is 0 Å². The van der Waals surface area contributed by atoms with Gasteiger partial charge in [0.2, 0.25) is 0 Å². The van der Waals surface area contributed by atoms with E-state index < -0.39 is 0 Å². The van der Waals surface area contributed by atoms with Crippen LogP contribution in [0.1, 0.15) is 31.5 Å². The predicted molar refractivity (Wildman–Crippen MR) is 45.3 cm³/mol. The summed E-state index contributed by atoms with van der Waals surface area (Å²) in [5.74, 6) is 0.498. The Balaban J connectivity index is 2.75. The van der Waals surface area contributed by atoms with Crippen molar-refractivity contribution in [3.05, 3.63) is 24.3 Å². The molecular formula is C9H11N3. The lowest BCUT2D eigenvalue weighted by Crippen LogP contribution is -2.00. The van der Waals surface area contributed by atoms with Crippen molar-refractivity contribution in [1.29, 1.82) is 5.26 Å². The van der Waals surface area contributed by atoms with Gasteiger partial charge in [0.1, 0.15) is 11.7 Å². The van der Waals surface area contributed by atoms with Gasteiger partial charge in [-0.2, -0.15) is 5.26 Å². The summed E-state index contributed by atoms with van der Waals surface area (Å²) in [6.07, 6.45) is 5.15. The molecule has 1 unspecified atom stereocenters. The van der Waals surface area contributed by atoms with Crippen LogP contribution in [-0.4, -0.2) is 9.97 Å². The van der Waals surface area contributed by atoms with Crippen LogP contribution < -0.4 is 0 Å². The molecule has 1 aromatic rings. The highest BCUT2D eigenvalue weighted by Gasteiger charge is 2.10. The molecule has 12 heavy (non-hydrogen) atoms. The zero-order valence-corrected chi connectivity index (χ0v) is 7.07. The molecule has 0 N–H and O–H groups in total. The predicted octanol–water partition coefficient (Wildman–Crippen LogP) is 1.88. The highest BCUT2D eigenvalue weighted by atomic mass is 14.9. The summed E-state index contributed by atoms with van der Waals surface area (Å²) in [5, 5.41) is 8.78. The number of hydrogen-bond donors (Lipinski definition) is 0. The van der Waals surface area contributed by atoms with E-state index in [0.29, 0.717) is 5.82 Å². The van der Waals surface area contributed by atoms with E-state index in [1.54, 1.807) is 18.5 Å². The minimum Gasteiger partial charge on any atom is -0.240 e. The first-order valence-corrected chi connectivity index (χ1v) is 4.05. The molecule has 1 aromatic heterocycles. The van der Waals surface area contributed by atoms with Gasteiger partial charge in [-0.3, -0.25) is 0 Å². The van der Waals surface area contributed by atoms with Crippen LogP contribution in [0.4, 0.5) is 0 Å². The molecule has 0 bridgehead atoms. The fraction of sp³-hybridized carbons (Fsp3) is 0.444. The van der Waals surface area contributed by atoms with Crippen molar-refractivity contribution in [2.45, 2.75) is 25.7 Å². The molecular weight excluding hydrogens is 150 g/mol. The Hall–Kier alpha value is -1.43. The quantitative estimate of drug-likeness (QED) is 0.680. The average molecular weight is 161 g/mol. The summed E-state index contributed by atoms with van der Waals surface area (Å²) in [4.78, 5) is 8.07. The van der Waals surface area contributed by atoms with Crippen LogP contribution in [0.15, 0.2) is 18.5 Å². The van der Waals surface area contributed by atoms with Crippen molar-refractivity contribution in [1.82, 2.24) is 9.97 Å². The second-order valence-corrected chi connectivity index (χ2v) is 2.58. The Morgan fingerprint density at radius 1 is 1.50 bits per heavy atom. The normalized spacial score (nSPS) is 12.0. The molecule has 3 heteroatoms. The van der Waals surface area contributed by atoms with Crippen LogP contribution in [0, 0.1) is 11.3 Å². The van der Waals surface area contributed by atoms with Crippen molar-refractivity contribution < 1.29 is 0 Å². The molecule has 1 atom stereocenters. The standard InChI is InChI=1S/C9H11N3/c1-2-4-8(7-10)9-11-5-3-6-12-9/h3,5-6,8H,2,4H2,1H3. The minimum absolute atomic E-state index is 0.142. The molecule has 0 aromatic carbocycles. The first-order valence-electron chi connectivity index (χ1n) is 4.05. The number of nitriles is 1. The third-order valence-corrected chi connectivity index (χ3v) is 1.63. The third kappa shape index (κ3) is 2.03. The van der Waals surface area contributed by atoms with E-state index in [2.05, 4.69) is 16.0 Å². The summed E-state index contributed by atoms with van der Waals surface area (Å²) in [7, 11) is 0. The zero-order chi connectivity index (χ0) is 8.81. The zero-order valence-electron chi connectivity index (χ0n) is 7.07. The van der Waals surface area contributed by atoms with Crippen molar-refractivity contribution in [3.63, 3.8) is 0 Å². The topological polar surface area (TPSA) is 49.6 Å². The third-order valence-electron chi connectivity index (χ3n) is 1.63. The molecule has 0 saturated heterocycles.